The van der Waals surface area contributed by atoms with Gasteiger partial charge in [0.1, 0.15) is 11.7 Å². The average Bonchev–Trinajstić information content (AvgIpc) is 2.39. The number of hydrogen-bond acceptors (Lipinski definition) is 4. The summed E-state index contributed by atoms with van der Waals surface area (Å²) in [5.74, 6) is 0.981. The highest BCUT2D eigenvalue weighted by Gasteiger charge is 2.19. The van der Waals surface area contributed by atoms with E-state index in [1.54, 1.807) is 6.20 Å². The fourth-order valence-corrected chi connectivity index (χ4v) is 1.91. The lowest BCUT2D eigenvalue weighted by atomic mass is 10.2. The number of anilines is 1. The van der Waals surface area contributed by atoms with Crippen molar-refractivity contribution >= 4 is 11.7 Å². The van der Waals surface area contributed by atoms with Crippen LogP contribution in [0.3, 0.4) is 0 Å². The van der Waals surface area contributed by atoms with E-state index in [1.807, 2.05) is 12.1 Å². The second-order valence-electron chi connectivity index (χ2n) is 4.17. The van der Waals surface area contributed by atoms with Gasteiger partial charge in [0.2, 0.25) is 0 Å². The molecular formula is C12H18N4O. The molecule has 1 aliphatic heterocycles. The third-order valence-electron chi connectivity index (χ3n) is 2.98. The molecule has 5 heteroatoms. The van der Waals surface area contributed by atoms with Gasteiger partial charge in [-0.25, -0.2) is 4.98 Å². The molecule has 1 unspecified atom stereocenters. The zero-order valence-corrected chi connectivity index (χ0v) is 10.0. The number of nitrogens with one attached hydrogen (secondary N) is 1. The Morgan fingerprint density at radius 3 is 3.06 bits per heavy atom. The van der Waals surface area contributed by atoms with E-state index in [2.05, 4.69) is 16.8 Å². The van der Waals surface area contributed by atoms with E-state index < -0.39 is 0 Å². The Labute approximate surface area is 101 Å². The molecular weight excluding hydrogens is 216 g/mol. The van der Waals surface area contributed by atoms with Crippen LogP contribution in [-0.2, 0) is 4.74 Å². The molecule has 1 fully saturated rings. The van der Waals surface area contributed by atoms with Gasteiger partial charge in [-0.05, 0) is 18.6 Å². The van der Waals surface area contributed by atoms with Crippen LogP contribution in [0.25, 0.3) is 0 Å². The lowest BCUT2D eigenvalue weighted by Gasteiger charge is -2.33. The summed E-state index contributed by atoms with van der Waals surface area (Å²) in [6.07, 6.45) is 2.95. The van der Waals surface area contributed by atoms with E-state index in [-0.39, 0.29) is 11.9 Å². The van der Waals surface area contributed by atoms with Crippen LogP contribution >= 0.6 is 0 Å². The maximum absolute atomic E-state index is 7.32. The zero-order chi connectivity index (χ0) is 12.3. The van der Waals surface area contributed by atoms with Gasteiger partial charge in [0.05, 0.1) is 12.7 Å². The molecule has 0 aromatic carbocycles. The summed E-state index contributed by atoms with van der Waals surface area (Å²) < 4.78 is 5.62. The molecule has 1 aromatic heterocycles. The number of nitrogens with two attached hydrogens (primary N) is 1. The molecule has 0 amide bonds. The van der Waals surface area contributed by atoms with E-state index >= 15 is 0 Å². The molecule has 5 nitrogen and oxygen atoms in total. The second-order valence-corrected chi connectivity index (χ2v) is 4.17. The first-order chi connectivity index (χ1) is 8.20. The van der Waals surface area contributed by atoms with Gasteiger partial charge in [-0.2, -0.15) is 0 Å². The maximum atomic E-state index is 7.32. The van der Waals surface area contributed by atoms with E-state index in [9.17, 15) is 0 Å². The molecule has 2 rings (SSSR count). The molecule has 0 spiro atoms. The number of aromatic nitrogens is 1. The predicted molar refractivity (Wildman–Crippen MR) is 67.5 cm³/mol. The Kier molecular flexibility index (Phi) is 3.58. The van der Waals surface area contributed by atoms with Crippen molar-refractivity contribution in [2.45, 2.75) is 19.4 Å². The number of morpholine rings is 1. The molecule has 1 saturated heterocycles. The third-order valence-corrected chi connectivity index (χ3v) is 2.98. The summed E-state index contributed by atoms with van der Waals surface area (Å²) in [4.78, 5) is 6.55. The monoisotopic (exact) mass is 234 g/mol. The van der Waals surface area contributed by atoms with Gasteiger partial charge in [-0.1, -0.05) is 6.92 Å². The summed E-state index contributed by atoms with van der Waals surface area (Å²) in [7, 11) is 0. The fraction of sp³-hybridized carbons (Fsp3) is 0.500. The van der Waals surface area contributed by atoms with Crippen LogP contribution in [0.5, 0.6) is 0 Å². The van der Waals surface area contributed by atoms with Gasteiger partial charge in [-0.3, -0.25) is 5.41 Å². The Morgan fingerprint density at radius 2 is 2.47 bits per heavy atom. The zero-order valence-electron chi connectivity index (χ0n) is 10.0. The van der Waals surface area contributed by atoms with Crippen molar-refractivity contribution in [1.82, 2.24) is 4.98 Å². The quantitative estimate of drug-likeness (QED) is 0.604. The van der Waals surface area contributed by atoms with Crippen LogP contribution in [0.1, 0.15) is 18.9 Å². The van der Waals surface area contributed by atoms with Crippen LogP contribution in [0.4, 0.5) is 5.82 Å². The minimum Gasteiger partial charge on any atom is -0.384 e. The molecule has 1 aliphatic rings. The van der Waals surface area contributed by atoms with Gasteiger partial charge in [0.25, 0.3) is 0 Å². The Hall–Kier alpha value is -1.62. The molecule has 17 heavy (non-hydrogen) atoms. The van der Waals surface area contributed by atoms with Crippen LogP contribution in [0.15, 0.2) is 18.3 Å². The summed E-state index contributed by atoms with van der Waals surface area (Å²) in [6, 6.07) is 3.75. The van der Waals surface area contributed by atoms with Crippen LogP contribution in [0.2, 0.25) is 0 Å². The average molecular weight is 234 g/mol. The van der Waals surface area contributed by atoms with Crippen molar-refractivity contribution in [2.75, 3.05) is 24.6 Å². The van der Waals surface area contributed by atoms with Crippen LogP contribution in [0, 0.1) is 5.41 Å². The van der Waals surface area contributed by atoms with Crippen molar-refractivity contribution in [3.05, 3.63) is 23.9 Å². The Bertz CT molecular complexity index is 390. The fourth-order valence-electron chi connectivity index (χ4n) is 1.91. The van der Waals surface area contributed by atoms with E-state index in [0.29, 0.717) is 5.56 Å². The molecule has 0 aliphatic carbocycles. The number of pyridine rings is 1. The largest absolute Gasteiger partial charge is 0.384 e. The third kappa shape index (κ3) is 2.74. The number of nitrogen functional groups attached to an aromatic ring is 1. The summed E-state index contributed by atoms with van der Waals surface area (Å²) in [5.41, 5.74) is 6.06. The normalized spacial score (nSPS) is 20.3. The van der Waals surface area contributed by atoms with E-state index in [0.717, 1.165) is 31.9 Å². The number of ether oxygens (including phenoxy) is 1. The lowest BCUT2D eigenvalue weighted by Crippen LogP contribution is -2.42. The Morgan fingerprint density at radius 1 is 1.65 bits per heavy atom. The van der Waals surface area contributed by atoms with Gasteiger partial charge < -0.3 is 15.4 Å². The summed E-state index contributed by atoms with van der Waals surface area (Å²) >= 11 is 0. The van der Waals surface area contributed by atoms with Gasteiger partial charge >= 0.3 is 0 Å². The molecule has 1 aromatic rings. The second kappa shape index (κ2) is 5.14. The van der Waals surface area contributed by atoms with E-state index in [1.165, 1.54) is 0 Å². The highest BCUT2D eigenvalue weighted by Crippen LogP contribution is 2.16. The van der Waals surface area contributed by atoms with Gasteiger partial charge in [0.15, 0.2) is 0 Å². The summed E-state index contributed by atoms with van der Waals surface area (Å²) in [5, 5.41) is 7.32. The first kappa shape index (κ1) is 11.9. The van der Waals surface area contributed by atoms with E-state index in [4.69, 9.17) is 15.9 Å². The SMILES string of the molecule is CCC1CN(c2ccc(C(=N)N)cn2)CCO1. The van der Waals surface area contributed by atoms with Crippen molar-refractivity contribution in [1.29, 1.82) is 5.41 Å². The first-order valence-corrected chi connectivity index (χ1v) is 5.87. The highest BCUT2D eigenvalue weighted by molar-refractivity contribution is 5.94. The molecule has 2 heterocycles. The molecule has 3 N–H and O–H groups in total. The molecule has 0 saturated carbocycles. The smallest absolute Gasteiger partial charge is 0.128 e. The Balaban J connectivity index is 2.08. The molecule has 0 bridgehead atoms. The maximum Gasteiger partial charge on any atom is 0.128 e. The number of nitrogens with zero attached hydrogens (tertiary/aromatic N) is 2. The van der Waals surface area contributed by atoms with Crippen molar-refractivity contribution < 1.29 is 4.74 Å². The molecule has 0 radical (unpaired) electrons. The van der Waals surface area contributed by atoms with Crippen molar-refractivity contribution in [3.8, 4) is 0 Å². The van der Waals surface area contributed by atoms with Crippen LogP contribution < -0.4 is 10.6 Å². The highest BCUT2D eigenvalue weighted by atomic mass is 16.5. The minimum atomic E-state index is 0.0532. The number of rotatable bonds is 3. The molecule has 92 valence electrons. The lowest BCUT2D eigenvalue weighted by molar-refractivity contribution is 0.0382. The first-order valence-electron chi connectivity index (χ1n) is 5.87. The van der Waals surface area contributed by atoms with Crippen molar-refractivity contribution in [2.24, 2.45) is 5.73 Å². The number of hydrogen-bond donors (Lipinski definition) is 2. The number of amidine groups is 1. The minimum absolute atomic E-state index is 0.0532. The molecule has 1 atom stereocenters. The standard InChI is InChI=1S/C12H18N4O/c1-2-10-8-16(5-6-17-10)11-4-3-9(7-15-11)12(13)14/h3-4,7,10H,2,5-6,8H2,1H3,(H3,13,14). The van der Waals surface area contributed by atoms with Gasteiger partial charge in [-0.15, -0.1) is 0 Å². The van der Waals surface area contributed by atoms with Crippen LogP contribution in [-0.4, -0.2) is 36.6 Å². The summed E-state index contributed by atoms with van der Waals surface area (Å²) in [6.45, 7) is 4.61. The predicted octanol–water partition coefficient (Wildman–Crippen LogP) is 0.981. The topological polar surface area (TPSA) is 75.2 Å². The van der Waals surface area contributed by atoms with Crippen molar-refractivity contribution in [3.63, 3.8) is 0 Å². The van der Waals surface area contributed by atoms with Gasteiger partial charge in [0, 0.05) is 24.8 Å².